The summed E-state index contributed by atoms with van der Waals surface area (Å²) in [6.07, 6.45) is 1.58. The molecule has 5 nitrogen and oxygen atoms in total. The summed E-state index contributed by atoms with van der Waals surface area (Å²) in [6.45, 7) is 1.89. The smallest absolute Gasteiger partial charge is 0.352 e. The van der Waals surface area contributed by atoms with Gasteiger partial charge in [-0.25, -0.2) is 4.79 Å². The van der Waals surface area contributed by atoms with Gasteiger partial charge in [-0.15, -0.1) is 11.8 Å². The number of carboxylic acid groups (broad SMARTS) is 1. The normalized spacial score (nSPS) is 35.9. The Bertz CT molecular complexity index is 341. The van der Waals surface area contributed by atoms with Gasteiger partial charge in [0.15, 0.2) is 0 Å². The van der Waals surface area contributed by atoms with Crippen LogP contribution in [0.15, 0.2) is 11.8 Å². The van der Waals surface area contributed by atoms with Gasteiger partial charge < -0.3 is 10.8 Å². The number of aliphatic carboxylic acids is 1. The van der Waals surface area contributed by atoms with Gasteiger partial charge in [-0.05, 0) is 13.0 Å². The molecule has 14 heavy (non-hydrogen) atoms. The van der Waals surface area contributed by atoms with Gasteiger partial charge in [-0.2, -0.15) is 0 Å². The van der Waals surface area contributed by atoms with E-state index in [9.17, 15) is 9.59 Å². The molecule has 3 unspecified atom stereocenters. The van der Waals surface area contributed by atoms with E-state index < -0.39 is 12.0 Å². The molecular weight excluding hydrogens is 204 g/mol. The summed E-state index contributed by atoms with van der Waals surface area (Å²) in [5.41, 5.74) is 5.63. The van der Waals surface area contributed by atoms with Crippen LogP contribution in [-0.2, 0) is 9.59 Å². The fraction of sp³-hybridized carbons (Fsp3) is 0.500. The molecule has 0 saturated carbocycles. The van der Waals surface area contributed by atoms with Gasteiger partial charge in [-0.3, -0.25) is 9.69 Å². The fourth-order valence-corrected chi connectivity index (χ4v) is 2.90. The summed E-state index contributed by atoms with van der Waals surface area (Å²) in [5, 5.41) is 8.75. The van der Waals surface area contributed by atoms with Crippen molar-refractivity contribution in [3.8, 4) is 0 Å². The molecular formula is C8H10N2O3S. The molecule has 3 N–H and O–H groups in total. The van der Waals surface area contributed by atoms with Crippen molar-refractivity contribution in [3.05, 3.63) is 11.8 Å². The first-order valence-electron chi connectivity index (χ1n) is 4.21. The molecule has 2 heterocycles. The molecule has 1 amide bonds. The topological polar surface area (TPSA) is 83.6 Å². The van der Waals surface area contributed by atoms with Crippen LogP contribution in [0.3, 0.4) is 0 Å². The highest BCUT2D eigenvalue weighted by atomic mass is 32.2. The number of carbonyl (C=O) groups is 2. The number of β-lactam (4-membered cyclic amide) rings is 1. The number of hydrogen-bond acceptors (Lipinski definition) is 4. The lowest BCUT2D eigenvalue weighted by Gasteiger charge is -2.47. The third-order valence-electron chi connectivity index (χ3n) is 2.31. The van der Waals surface area contributed by atoms with Crippen LogP contribution in [0.5, 0.6) is 0 Å². The van der Waals surface area contributed by atoms with E-state index in [0.717, 1.165) is 0 Å². The number of carboxylic acids is 1. The highest BCUT2D eigenvalue weighted by molar-refractivity contribution is 8.00. The Morgan fingerprint density at radius 1 is 1.71 bits per heavy atom. The van der Waals surface area contributed by atoms with Crippen LogP contribution in [0.4, 0.5) is 0 Å². The van der Waals surface area contributed by atoms with E-state index in [-0.39, 0.29) is 22.2 Å². The number of amides is 1. The zero-order valence-electron chi connectivity index (χ0n) is 7.51. The van der Waals surface area contributed by atoms with Gasteiger partial charge >= 0.3 is 5.97 Å². The first-order chi connectivity index (χ1) is 6.52. The molecule has 0 spiro atoms. The number of fused-ring (bicyclic) bond motifs is 1. The molecule has 0 aliphatic carbocycles. The number of nitrogens with zero attached hydrogens (tertiary/aromatic N) is 1. The summed E-state index contributed by atoms with van der Waals surface area (Å²) in [4.78, 5) is 23.4. The Labute approximate surface area is 84.9 Å². The second-order valence-electron chi connectivity index (χ2n) is 3.32. The minimum atomic E-state index is -1.07. The predicted octanol–water partition coefficient (Wildman–Crippen LogP) is -0.414. The maximum atomic E-state index is 11.3. The van der Waals surface area contributed by atoms with Crippen LogP contribution in [0, 0.1) is 0 Å². The van der Waals surface area contributed by atoms with E-state index in [2.05, 4.69) is 0 Å². The molecule has 1 saturated heterocycles. The van der Waals surface area contributed by atoms with Gasteiger partial charge in [-0.1, -0.05) is 0 Å². The van der Waals surface area contributed by atoms with E-state index in [0.29, 0.717) is 0 Å². The predicted molar refractivity (Wildman–Crippen MR) is 51.4 cm³/mol. The van der Waals surface area contributed by atoms with Crippen molar-refractivity contribution in [1.29, 1.82) is 0 Å². The van der Waals surface area contributed by atoms with Crippen molar-refractivity contribution in [3.63, 3.8) is 0 Å². The van der Waals surface area contributed by atoms with Crippen molar-refractivity contribution in [2.45, 2.75) is 23.6 Å². The van der Waals surface area contributed by atoms with E-state index in [1.165, 1.54) is 16.7 Å². The van der Waals surface area contributed by atoms with Crippen LogP contribution < -0.4 is 5.73 Å². The number of carbonyl (C=O) groups excluding carboxylic acids is 1. The molecule has 3 atom stereocenters. The summed E-state index contributed by atoms with van der Waals surface area (Å²) < 4.78 is 0. The van der Waals surface area contributed by atoms with Gasteiger partial charge in [0, 0.05) is 5.25 Å². The largest absolute Gasteiger partial charge is 0.477 e. The lowest BCUT2D eigenvalue weighted by molar-refractivity contribution is -0.147. The van der Waals surface area contributed by atoms with Crippen molar-refractivity contribution >= 4 is 23.6 Å². The molecule has 2 aliphatic rings. The summed E-state index contributed by atoms with van der Waals surface area (Å²) in [6, 6.07) is -0.550. The van der Waals surface area contributed by atoms with Crippen molar-refractivity contribution in [2.75, 3.05) is 0 Å². The standard InChI is InChI=1S/C8H10N2O3S/c1-3-2-4(8(12)13)10-6(11)5(9)7(10)14-3/h2-3,5,7H,9H2,1H3,(H,12,13). The van der Waals surface area contributed by atoms with Crippen LogP contribution >= 0.6 is 11.8 Å². The van der Waals surface area contributed by atoms with E-state index in [4.69, 9.17) is 10.8 Å². The lowest BCUT2D eigenvalue weighted by atomic mass is 10.1. The number of rotatable bonds is 1. The van der Waals surface area contributed by atoms with E-state index in [1.807, 2.05) is 6.92 Å². The Hall–Kier alpha value is -1.01. The number of thioether (sulfide) groups is 1. The van der Waals surface area contributed by atoms with Gasteiger partial charge in [0.2, 0.25) is 5.91 Å². The maximum absolute atomic E-state index is 11.3. The van der Waals surface area contributed by atoms with Crippen molar-refractivity contribution in [1.82, 2.24) is 4.90 Å². The molecule has 0 bridgehead atoms. The van der Waals surface area contributed by atoms with Gasteiger partial charge in [0.25, 0.3) is 0 Å². The Morgan fingerprint density at radius 2 is 2.36 bits per heavy atom. The van der Waals surface area contributed by atoms with Gasteiger partial charge in [0.1, 0.15) is 17.1 Å². The minimum Gasteiger partial charge on any atom is -0.477 e. The second kappa shape index (κ2) is 2.99. The molecule has 2 rings (SSSR count). The molecule has 76 valence electrons. The Morgan fingerprint density at radius 3 is 2.93 bits per heavy atom. The highest BCUT2D eigenvalue weighted by Gasteiger charge is 2.51. The van der Waals surface area contributed by atoms with E-state index in [1.54, 1.807) is 6.08 Å². The summed E-state index contributed by atoms with van der Waals surface area (Å²) in [5.74, 6) is -1.37. The number of hydrogen-bond donors (Lipinski definition) is 2. The molecule has 0 aromatic carbocycles. The highest BCUT2D eigenvalue weighted by Crippen LogP contribution is 2.39. The van der Waals surface area contributed by atoms with Crippen LogP contribution in [0.1, 0.15) is 6.92 Å². The average molecular weight is 214 g/mol. The molecule has 0 aromatic rings. The Balaban J connectivity index is 2.32. The third-order valence-corrected chi connectivity index (χ3v) is 3.66. The van der Waals surface area contributed by atoms with Crippen molar-refractivity contribution in [2.24, 2.45) is 5.73 Å². The quantitative estimate of drug-likeness (QED) is 0.579. The molecule has 6 heteroatoms. The summed E-state index contributed by atoms with van der Waals surface area (Å²) in [7, 11) is 0. The van der Waals surface area contributed by atoms with Gasteiger partial charge in [0.05, 0.1) is 0 Å². The van der Waals surface area contributed by atoms with Crippen LogP contribution in [-0.4, -0.2) is 38.5 Å². The Kier molecular flexibility index (Phi) is 2.04. The zero-order valence-corrected chi connectivity index (χ0v) is 8.32. The maximum Gasteiger partial charge on any atom is 0.352 e. The number of nitrogens with two attached hydrogens (primary N) is 1. The van der Waals surface area contributed by atoms with E-state index >= 15 is 0 Å². The zero-order chi connectivity index (χ0) is 10.5. The minimum absolute atomic E-state index is 0.0629. The van der Waals surface area contributed by atoms with Crippen LogP contribution in [0.2, 0.25) is 0 Å². The fourth-order valence-electron chi connectivity index (χ4n) is 1.62. The SMILES string of the molecule is CC1C=C(C(=O)O)N2C(=O)C(N)C2S1. The van der Waals surface area contributed by atoms with Crippen LogP contribution in [0.25, 0.3) is 0 Å². The second-order valence-corrected chi connectivity index (χ2v) is 4.82. The monoisotopic (exact) mass is 214 g/mol. The molecule has 0 radical (unpaired) electrons. The molecule has 0 aromatic heterocycles. The molecule has 2 aliphatic heterocycles. The lowest BCUT2D eigenvalue weighted by Crippen LogP contribution is -2.68. The first kappa shape index (κ1) is 9.54. The average Bonchev–Trinajstić information content (AvgIpc) is 2.15. The molecule has 1 fully saturated rings. The first-order valence-corrected chi connectivity index (χ1v) is 5.16. The third kappa shape index (κ3) is 1.14. The summed E-state index contributed by atoms with van der Waals surface area (Å²) >= 11 is 1.51. The van der Waals surface area contributed by atoms with Crippen molar-refractivity contribution < 1.29 is 14.7 Å².